The molecule has 0 fully saturated rings. The fourth-order valence-electron chi connectivity index (χ4n) is 2.09. The summed E-state index contributed by atoms with van der Waals surface area (Å²) >= 11 is 0. The molecule has 0 amide bonds. The molecular weight excluding hydrogens is 268 g/mol. The van der Waals surface area contributed by atoms with Crippen molar-refractivity contribution in [2.45, 2.75) is 33.2 Å². The molecule has 2 rings (SSSR count). The maximum absolute atomic E-state index is 11.5. The quantitative estimate of drug-likeness (QED) is 0.785. The van der Waals surface area contributed by atoms with Crippen LogP contribution in [0.3, 0.4) is 0 Å². The Labute approximate surface area is 124 Å². The monoisotopic (exact) mass is 288 g/mol. The van der Waals surface area contributed by atoms with Crippen LogP contribution in [0.1, 0.15) is 25.5 Å². The highest BCUT2D eigenvalue weighted by Gasteiger charge is 2.20. The van der Waals surface area contributed by atoms with Crippen molar-refractivity contribution in [1.82, 2.24) is 9.78 Å². The fraction of sp³-hybridized carbons (Fsp3) is 0.375. The number of hydrogen-bond donors (Lipinski definition) is 0. The number of aromatic nitrogens is 2. The minimum Gasteiger partial charge on any atom is -0.437 e. The van der Waals surface area contributed by atoms with Crippen molar-refractivity contribution >= 4 is 6.16 Å². The summed E-state index contributed by atoms with van der Waals surface area (Å²) < 4.78 is 11.8. The standard InChI is InChI=1S/C16H20N2O3/c1-4-5-11-18-12(2)15(21-16(19)20-3)14(17-18)13-9-7-6-8-10-13/h6-10H,4-5,11H2,1-3H3. The molecule has 0 unspecified atom stereocenters. The lowest BCUT2D eigenvalue weighted by molar-refractivity contribution is 0.121. The topological polar surface area (TPSA) is 53.4 Å². The van der Waals surface area contributed by atoms with Gasteiger partial charge in [0.15, 0.2) is 5.75 Å². The van der Waals surface area contributed by atoms with E-state index in [1.165, 1.54) is 7.11 Å². The van der Waals surface area contributed by atoms with Crippen LogP contribution in [-0.2, 0) is 11.3 Å². The summed E-state index contributed by atoms with van der Waals surface area (Å²) in [5.41, 5.74) is 2.40. The molecule has 112 valence electrons. The van der Waals surface area contributed by atoms with Gasteiger partial charge in [-0.05, 0) is 13.3 Å². The number of carbonyl (C=O) groups excluding carboxylic acids is 1. The summed E-state index contributed by atoms with van der Waals surface area (Å²) in [7, 11) is 1.29. The average Bonchev–Trinajstić information content (AvgIpc) is 2.82. The molecule has 0 atom stereocenters. The minimum atomic E-state index is -0.731. The molecule has 0 aliphatic heterocycles. The lowest BCUT2D eigenvalue weighted by Gasteiger charge is -2.05. The third-order valence-electron chi connectivity index (χ3n) is 3.27. The molecule has 1 aromatic carbocycles. The second-order valence-corrected chi connectivity index (χ2v) is 4.76. The Hall–Kier alpha value is -2.30. The van der Waals surface area contributed by atoms with Gasteiger partial charge in [-0.15, -0.1) is 0 Å². The zero-order chi connectivity index (χ0) is 15.2. The first-order valence-electron chi connectivity index (χ1n) is 7.06. The van der Waals surface area contributed by atoms with E-state index in [1.807, 2.05) is 41.9 Å². The van der Waals surface area contributed by atoms with Gasteiger partial charge in [0.2, 0.25) is 0 Å². The van der Waals surface area contributed by atoms with E-state index in [4.69, 9.17) is 4.74 Å². The molecule has 0 spiro atoms. The van der Waals surface area contributed by atoms with Crippen molar-refractivity contribution < 1.29 is 14.3 Å². The number of benzene rings is 1. The van der Waals surface area contributed by atoms with Gasteiger partial charge >= 0.3 is 6.16 Å². The first-order chi connectivity index (χ1) is 10.2. The molecule has 0 N–H and O–H groups in total. The number of hydrogen-bond acceptors (Lipinski definition) is 4. The summed E-state index contributed by atoms with van der Waals surface area (Å²) in [6, 6.07) is 9.67. The van der Waals surface area contributed by atoms with Crippen LogP contribution in [0.15, 0.2) is 30.3 Å². The molecule has 0 radical (unpaired) electrons. The van der Waals surface area contributed by atoms with Gasteiger partial charge in [-0.1, -0.05) is 43.7 Å². The first kappa shape index (κ1) is 15.1. The summed E-state index contributed by atoms with van der Waals surface area (Å²) in [5.74, 6) is 0.462. The molecule has 21 heavy (non-hydrogen) atoms. The molecular formula is C16H20N2O3. The molecule has 5 heteroatoms. The number of carbonyl (C=O) groups is 1. The van der Waals surface area contributed by atoms with E-state index < -0.39 is 6.16 Å². The Morgan fingerprint density at radius 1 is 1.29 bits per heavy atom. The molecule has 1 aromatic heterocycles. The van der Waals surface area contributed by atoms with Crippen LogP contribution in [-0.4, -0.2) is 23.0 Å². The largest absolute Gasteiger partial charge is 0.513 e. The predicted molar refractivity (Wildman–Crippen MR) is 80.3 cm³/mol. The van der Waals surface area contributed by atoms with Gasteiger partial charge < -0.3 is 9.47 Å². The Kier molecular flexibility index (Phi) is 4.98. The van der Waals surface area contributed by atoms with Crippen molar-refractivity contribution in [2.75, 3.05) is 7.11 Å². The lowest BCUT2D eigenvalue weighted by Crippen LogP contribution is -2.09. The highest BCUT2D eigenvalue weighted by Crippen LogP contribution is 2.32. The molecule has 5 nitrogen and oxygen atoms in total. The molecule has 0 aliphatic rings. The normalized spacial score (nSPS) is 10.4. The molecule has 0 bridgehead atoms. The number of methoxy groups -OCH3 is 1. The maximum atomic E-state index is 11.5. The van der Waals surface area contributed by atoms with E-state index in [2.05, 4.69) is 16.8 Å². The van der Waals surface area contributed by atoms with E-state index >= 15 is 0 Å². The van der Waals surface area contributed by atoms with Gasteiger partial charge in [-0.25, -0.2) is 4.79 Å². The van der Waals surface area contributed by atoms with Crippen LogP contribution in [0.5, 0.6) is 5.75 Å². The molecule has 0 saturated carbocycles. The SMILES string of the molecule is CCCCn1nc(-c2ccccc2)c(OC(=O)OC)c1C. The van der Waals surface area contributed by atoms with Crippen LogP contribution in [0.25, 0.3) is 11.3 Å². The first-order valence-corrected chi connectivity index (χ1v) is 7.06. The summed E-state index contributed by atoms with van der Waals surface area (Å²) in [6.45, 7) is 4.82. The van der Waals surface area contributed by atoms with Gasteiger partial charge in [-0.3, -0.25) is 4.68 Å². The number of nitrogens with zero attached hydrogens (tertiary/aromatic N) is 2. The number of ether oxygens (including phenoxy) is 2. The maximum Gasteiger partial charge on any atom is 0.513 e. The second-order valence-electron chi connectivity index (χ2n) is 4.76. The fourth-order valence-corrected chi connectivity index (χ4v) is 2.09. The Morgan fingerprint density at radius 3 is 2.62 bits per heavy atom. The van der Waals surface area contributed by atoms with E-state index in [1.54, 1.807) is 0 Å². The van der Waals surface area contributed by atoms with E-state index in [0.717, 1.165) is 30.6 Å². The molecule has 2 aromatic rings. The van der Waals surface area contributed by atoms with Crippen LogP contribution in [0.4, 0.5) is 4.79 Å². The second kappa shape index (κ2) is 6.92. The van der Waals surface area contributed by atoms with Crippen molar-refractivity contribution in [3.63, 3.8) is 0 Å². The van der Waals surface area contributed by atoms with E-state index in [-0.39, 0.29) is 0 Å². The van der Waals surface area contributed by atoms with Crippen molar-refractivity contribution in [3.05, 3.63) is 36.0 Å². The Balaban J connectivity index is 2.43. The third kappa shape index (κ3) is 3.42. The van der Waals surface area contributed by atoms with Gasteiger partial charge in [0.1, 0.15) is 5.69 Å². The minimum absolute atomic E-state index is 0.462. The van der Waals surface area contributed by atoms with Crippen LogP contribution in [0.2, 0.25) is 0 Å². The number of rotatable bonds is 5. The van der Waals surface area contributed by atoms with Crippen molar-refractivity contribution in [3.8, 4) is 17.0 Å². The third-order valence-corrected chi connectivity index (χ3v) is 3.27. The van der Waals surface area contributed by atoms with E-state index in [9.17, 15) is 4.79 Å². The average molecular weight is 288 g/mol. The van der Waals surface area contributed by atoms with Gasteiger partial charge in [-0.2, -0.15) is 5.10 Å². The van der Waals surface area contributed by atoms with E-state index in [0.29, 0.717) is 11.4 Å². The van der Waals surface area contributed by atoms with Crippen LogP contribution in [0, 0.1) is 6.92 Å². The zero-order valence-corrected chi connectivity index (χ0v) is 12.6. The summed E-state index contributed by atoms with van der Waals surface area (Å²) in [4.78, 5) is 11.5. The van der Waals surface area contributed by atoms with Gasteiger partial charge in [0.25, 0.3) is 0 Å². The highest BCUT2D eigenvalue weighted by molar-refractivity contribution is 5.73. The Bertz CT molecular complexity index is 605. The smallest absolute Gasteiger partial charge is 0.437 e. The number of aryl methyl sites for hydroxylation is 1. The van der Waals surface area contributed by atoms with Crippen molar-refractivity contribution in [2.24, 2.45) is 0 Å². The Morgan fingerprint density at radius 2 is 2.00 bits per heavy atom. The van der Waals surface area contributed by atoms with Crippen LogP contribution >= 0.6 is 0 Å². The molecule has 0 aliphatic carbocycles. The summed E-state index contributed by atoms with van der Waals surface area (Å²) in [5, 5.41) is 4.59. The van der Waals surface area contributed by atoms with Crippen LogP contribution < -0.4 is 4.74 Å². The lowest BCUT2D eigenvalue weighted by atomic mass is 10.1. The predicted octanol–water partition coefficient (Wildman–Crippen LogP) is 3.80. The number of unbranched alkanes of at least 4 members (excludes halogenated alkanes) is 1. The highest BCUT2D eigenvalue weighted by atomic mass is 16.7. The molecule has 0 saturated heterocycles. The van der Waals surface area contributed by atoms with Gasteiger partial charge in [0, 0.05) is 12.1 Å². The summed E-state index contributed by atoms with van der Waals surface area (Å²) in [6.07, 6.45) is 1.37. The van der Waals surface area contributed by atoms with Gasteiger partial charge in [0.05, 0.1) is 12.8 Å². The zero-order valence-electron chi connectivity index (χ0n) is 12.6. The molecule has 1 heterocycles. The van der Waals surface area contributed by atoms with Crippen molar-refractivity contribution in [1.29, 1.82) is 0 Å².